The van der Waals surface area contributed by atoms with Gasteiger partial charge in [-0.3, -0.25) is 14.6 Å². The van der Waals surface area contributed by atoms with Gasteiger partial charge in [0.25, 0.3) is 5.91 Å². The van der Waals surface area contributed by atoms with Crippen LogP contribution in [-0.4, -0.2) is 30.0 Å². The molecule has 0 bridgehead atoms. The molecule has 0 aliphatic heterocycles. The summed E-state index contributed by atoms with van der Waals surface area (Å²) in [6.07, 6.45) is 3.49. The number of hydrogen-bond acceptors (Lipinski definition) is 5. The number of rotatable bonds is 9. The number of pyridine rings is 1. The summed E-state index contributed by atoms with van der Waals surface area (Å²) in [5, 5.41) is 5.70. The summed E-state index contributed by atoms with van der Waals surface area (Å²) in [6, 6.07) is 6.70. The lowest BCUT2D eigenvalue weighted by Crippen LogP contribution is -2.16. The highest BCUT2D eigenvalue weighted by Gasteiger charge is 2.17. The van der Waals surface area contributed by atoms with Crippen LogP contribution in [0.3, 0.4) is 0 Å². The van der Waals surface area contributed by atoms with Crippen LogP contribution in [0.1, 0.15) is 44.5 Å². The molecule has 1 aromatic carbocycles. The van der Waals surface area contributed by atoms with Gasteiger partial charge in [-0.2, -0.15) is 0 Å². The Balaban J connectivity index is 2.34. The molecule has 150 valence electrons. The van der Waals surface area contributed by atoms with Crippen molar-refractivity contribution in [2.45, 2.75) is 34.1 Å². The van der Waals surface area contributed by atoms with Gasteiger partial charge >= 0.3 is 0 Å². The Bertz CT molecular complexity index is 807. The first kappa shape index (κ1) is 21.2. The number of nitrogens with one attached hydrogen (secondary N) is 2. The molecule has 0 saturated heterocycles. The van der Waals surface area contributed by atoms with E-state index in [2.05, 4.69) is 15.6 Å². The highest BCUT2D eigenvalue weighted by molar-refractivity contribution is 6.05. The van der Waals surface area contributed by atoms with Gasteiger partial charge in [0, 0.05) is 30.9 Å². The Labute approximate surface area is 165 Å². The number of benzene rings is 1. The van der Waals surface area contributed by atoms with Gasteiger partial charge in [0.2, 0.25) is 5.91 Å². The quantitative estimate of drug-likeness (QED) is 0.678. The predicted octanol–water partition coefficient (Wildman–Crippen LogP) is 4.12. The van der Waals surface area contributed by atoms with Crippen LogP contribution in [0.25, 0.3) is 0 Å². The fourth-order valence-electron chi connectivity index (χ4n) is 2.57. The van der Waals surface area contributed by atoms with Gasteiger partial charge < -0.3 is 20.1 Å². The molecular formula is C21H27N3O4. The zero-order valence-electron chi connectivity index (χ0n) is 16.7. The van der Waals surface area contributed by atoms with Crippen LogP contribution in [0.2, 0.25) is 0 Å². The van der Waals surface area contributed by atoms with Crippen LogP contribution >= 0.6 is 0 Å². The van der Waals surface area contributed by atoms with Crippen LogP contribution in [0.15, 0.2) is 36.7 Å². The number of aromatic nitrogens is 1. The number of carbonyl (C=O) groups excluding carboxylic acids is 2. The minimum absolute atomic E-state index is 0.106. The van der Waals surface area contributed by atoms with Gasteiger partial charge in [-0.05, 0) is 31.9 Å². The second-order valence-corrected chi connectivity index (χ2v) is 6.55. The first-order chi connectivity index (χ1) is 13.4. The fraction of sp³-hybridized carbons (Fsp3) is 0.381. The van der Waals surface area contributed by atoms with Gasteiger partial charge in [0.15, 0.2) is 0 Å². The molecule has 2 N–H and O–H groups in total. The third kappa shape index (κ3) is 5.97. The van der Waals surface area contributed by atoms with Crippen molar-refractivity contribution >= 4 is 23.2 Å². The lowest BCUT2D eigenvalue weighted by atomic mass is 10.1. The van der Waals surface area contributed by atoms with Crippen molar-refractivity contribution in [3.8, 4) is 11.5 Å². The third-order valence-corrected chi connectivity index (χ3v) is 3.72. The van der Waals surface area contributed by atoms with E-state index in [0.29, 0.717) is 48.1 Å². The van der Waals surface area contributed by atoms with Gasteiger partial charge in [0.1, 0.15) is 11.5 Å². The van der Waals surface area contributed by atoms with Crippen molar-refractivity contribution < 1.29 is 19.1 Å². The van der Waals surface area contributed by atoms with E-state index in [0.717, 1.165) is 0 Å². The van der Waals surface area contributed by atoms with E-state index in [1.165, 1.54) is 6.20 Å². The van der Waals surface area contributed by atoms with Crippen molar-refractivity contribution in [2.24, 2.45) is 5.92 Å². The maximum absolute atomic E-state index is 12.5. The van der Waals surface area contributed by atoms with E-state index < -0.39 is 0 Å². The monoisotopic (exact) mass is 385 g/mol. The van der Waals surface area contributed by atoms with Crippen LogP contribution < -0.4 is 20.1 Å². The summed E-state index contributed by atoms with van der Waals surface area (Å²) in [4.78, 5) is 28.7. The number of nitrogens with zero attached hydrogens (tertiary/aromatic N) is 1. The molecule has 2 rings (SSSR count). The van der Waals surface area contributed by atoms with E-state index in [1.807, 2.05) is 27.7 Å². The van der Waals surface area contributed by atoms with Gasteiger partial charge in [-0.1, -0.05) is 13.8 Å². The smallest absolute Gasteiger partial charge is 0.257 e. The molecule has 2 aromatic rings. The topological polar surface area (TPSA) is 89.6 Å². The van der Waals surface area contributed by atoms with Crippen molar-refractivity contribution in [3.63, 3.8) is 0 Å². The summed E-state index contributed by atoms with van der Waals surface area (Å²) in [7, 11) is 0. The Morgan fingerprint density at radius 3 is 2.14 bits per heavy atom. The molecule has 0 aliphatic rings. The summed E-state index contributed by atoms with van der Waals surface area (Å²) in [5.41, 5.74) is 1.40. The molecule has 1 heterocycles. The standard InChI is InChI=1S/C21H27N3O4/c1-5-27-18-12-17(24-21(26)15-8-7-9-22-13-15)19(28-6-2)11-16(18)23-20(25)10-14(3)4/h7-9,11-14H,5-6,10H2,1-4H3,(H,23,25)(H,24,26). The van der Waals surface area contributed by atoms with E-state index in [-0.39, 0.29) is 17.7 Å². The molecule has 0 fully saturated rings. The molecule has 0 saturated carbocycles. The number of anilines is 2. The average Bonchev–Trinajstić information content (AvgIpc) is 2.65. The van der Waals surface area contributed by atoms with Crippen molar-refractivity contribution in [1.82, 2.24) is 4.98 Å². The largest absolute Gasteiger partial charge is 0.492 e. The van der Waals surface area contributed by atoms with E-state index in [1.54, 1.807) is 30.5 Å². The zero-order valence-corrected chi connectivity index (χ0v) is 16.7. The fourth-order valence-corrected chi connectivity index (χ4v) is 2.57. The van der Waals surface area contributed by atoms with Crippen molar-refractivity contribution in [2.75, 3.05) is 23.8 Å². The molecule has 2 amide bonds. The molecule has 28 heavy (non-hydrogen) atoms. The second kappa shape index (κ2) is 10.3. The molecular weight excluding hydrogens is 358 g/mol. The molecule has 7 heteroatoms. The van der Waals surface area contributed by atoms with Gasteiger partial charge in [-0.25, -0.2) is 0 Å². The second-order valence-electron chi connectivity index (χ2n) is 6.55. The maximum atomic E-state index is 12.5. The van der Waals surface area contributed by atoms with Crippen LogP contribution in [-0.2, 0) is 4.79 Å². The summed E-state index contributed by atoms with van der Waals surface area (Å²) < 4.78 is 11.3. The van der Waals surface area contributed by atoms with E-state index >= 15 is 0 Å². The lowest BCUT2D eigenvalue weighted by molar-refractivity contribution is -0.116. The minimum Gasteiger partial charge on any atom is -0.492 e. The molecule has 1 aromatic heterocycles. The van der Waals surface area contributed by atoms with Crippen LogP contribution in [0, 0.1) is 5.92 Å². The minimum atomic E-state index is -0.312. The molecule has 0 spiro atoms. The first-order valence-corrected chi connectivity index (χ1v) is 9.39. The van der Waals surface area contributed by atoms with Gasteiger partial charge in [0.05, 0.1) is 30.2 Å². The van der Waals surface area contributed by atoms with Crippen LogP contribution in [0.5, 0.6) is 11.5 Å². The van der Waals surface area contributed by atoms with E-state index in [9.17, 15) is 9.59 Å². The summed E-state index contributed by atoms with van der Waals surface area (Å²) >= 11 is 0. The highest BCUT2D eigenvalue weighted by Crippen LogP contribution is 2.37. The van der Waals surface area contributed by atoms with Gasteiger partial charge in [-0.15, -0.1) is 0 Å². The SMILES string of the molecule is CCOc1cc(NC(=O)c2cccnc2)c(OCC)cc1NC(=O)CC(C)C. The third-order valence-electron chi connectivity index (χ3n) is 3.72. The average molecular weight is 385 g/mol. The zero-order chi connectivity index (χ0) is 20.5. The Hall–Kier alpha value is -3.09. The Morgan fingerprint density at radius 1 is 1.04 bits per heavy atom. The highest BCUT2D eigenvalue weighted by atomic mass is 16.5. The molecule has 0 radical (unpaired) electrons. The lowest BCUT2D eigenvalue weighted by Gasteiger charge is -2.18. The normalized spacial score (nSPS) is 10.5. The van der Waals surface area contributed by atoms with Crippen molar-refractivity contribution in [3.05, 3.63) is 42.2 Å². The summed E-state index contributed by atoms with van der Waals surface area (Å²) in [5.74, 6) is 0.728. The summed E-state index contributed by atoms with van der Waals surface area (Å²) in [6.45, 7) is 8.47. The molecule has 7 nitrogen and oxygen atoms in total. The number of amides is 2. The molecule has 0 atom stereocenters. The molecule has 0 aliphatic carbocycles. The Morgan fingerprint density at radius 2 is 1.64 bits per heavy atom. The maximum Gasteiger partial charge on any atom is 0.257 e. The number of hydrogen-bond donors (Lipinski definition) is 2. The van der Waals surface area contributed by atoms with Crippen LogP contribution in [0.4, 0.5) is 11.4 Å². The number of ether oxygens (including phenoxy) is 2. The van der Waals surface area contributed by atoms with E-state index in [4.69, 9.17) is 9.47 Å². The number of carbonyl (C=O) groups is 2. The van der Waals surface area contributed by atoms with Crippen molar-refractivity contribution in [1.29, 1.82) is 0 Å². The molecule has 0 unspecified atom stereocenters. The first-order valence-electron chi connectivity index (χ1n) is 9.39. The predicted molar refractivity (Wildman–Crippen MR) is 109 cm³/mol. The Kier molecular flexibility index (Phi) is 7.80.